The van der Waals surface area contributed by atoms with E-state index in [0.29, 0.717) is 0 Å². The van der Waals surface area contributed by atoms with Crippen molar-refractivity contribution in [2.75, 3.05) is 5.73 Å². The fraction of sp³-hybridized carbons (Fsp3) is 0.625. The number of alkyl halides is 2. The Morgan fingerprint density at radius 1 is 1.46 bits per heavy atom. The predicted molar refractivity (Wildman–Crippen MR) is 46.6 cm³/mol. The largest absolute Gasteiger partial charge is 0.384 e. The molecule has 0 atom stereocenters. The van der Waals surface area contributed by atoms with Crippen LogP contribution >= 0.6 is 0 Å². The Balaban J connectivity index is 3.11. The van der Waals surface area contributed by atoms with Gasteiger partial charge in [0.05, 0.1) is 5.54 Å². The number of nitrogens with zero attached hydrogens (tertiary/aromatic N) is 2. The van der Waals surface area contributed by atoms with E-state index in [2.05, 4.69) is 5.10 Å². The van der Waals surface area contributed by atoms with Gasteiger partial charge >= 0.3 is 0 Å². The zero-order chi connectivity index (χ0) is 10.2. The van der Waals surface area contributed by atoms with Crippen LogP contribution in [0.3, 0.4) is 0 Å². The van der Waals surface area contributed by atoms with E-state index in [9.17, 15) is 8.78 Å². The molecule has 1 heterocycles. The van der Waals surface area contributed by atoms with Crippen LogP contribution < -0.4 is 5.73 Å². The molecule has 74 valence electrons. The van der Waals surface area contributed by atoms with Crippen LogP contribution in [-0.2, 0) is 5.54 Å². The highest BCUT2D eigenvalue weighted by atomic mass is 19.3. The monoisotopic (exact) mass is 189 g/mol. The molecule has 1 rings (SSSR count). The molecule has 0 bridgehead atoms. The van der Waals surface area contributed by atoms with E-state index < -0.39 is 6.43 Å². The van der Waals surface area contributed by atoms with Gasteiger partial charge in [0.1, 0.15) is 11.5 Å². The van der Waals surface area contributed by atoms with Gasteiger partial charge in [-0.1, -0.05) is 0 Å². The number of halogens is 2. The van der Waals surface area contributed by atoms with Gasteiger partial charge < -0.3 is 5.73 Å². The molecule has 2 N–H and O–H groups in total. The summed E-state index contributed by atoms with van der Waals surface area (Å²) in [6, 6.07) is 1.20. The Bertz CT molecular complexity index is 299. The van der Waals surface area contributed by atoms with Crippen LogP contribution in [-0.4, -0.2) is 9.78 Å². The molecule has 3 nitrogen and oxygen atoms in total. The lowest BCUT2D eigenvalue weighted by Gasteiger charge is -2.20. The van der Waals surface area contributed by atoms with Crippen molar-refractivity contribution < 1.29 is 8.78 Å². The summed E-state index contributed by atoms with van der Waals surface area (Å²) in [5, 5.41) is 3.72. The molecule has 0 amide bonds. The van der Waals surface area contributed by atoms with Gasteiger partial charge in [-0.3, -0.25) is 0 Å². The summed E-state index contributed by atoms with van der Waals surface area (Å²) in [5.41, 5.74) is 4.90. The number of anilines is 1. The van der Waals surface area contributed by atoms with Gasteiger partial charge in [-0.25, -0.2) is 13.5 Å². The van der Waals surface area contributed by atoms with Gasteiger partial charge in [-0.15, -0.1) is 0 Å². The molecule has 0 spiro atoms. The lowest BCUT2D eigenvalue weighted by molar-refractivity contribution is 0.143. The van der Waals surface area contributed by atoms with E-state index in [1.807, 2.05) is 20.8 Å². The highest BCUT2D eigenvalue weighted by Gasteiger charge is 2.21. The molecule has 5 heteroatoms. The Kier molecular flexibility index (Phi) is 2.28. The summed E-state index contributed by atoms with van der Waals surface area (Å²) in [6.07, 6.45) is -2.56. The summed E-state index contributed by atoms with van der Waals surface area (Å²) in [7, 11) is 0. The third-order valence-corrected chi connectivity index (χ3v) is 1.61. The second-order valence-corrected chi connectivity index (χ2v) is 3.88. The van der Waals surface area contributed by atoms with Gasteiger partial charge in [0, 0.05) is 6.07 Å². The third kappa shape index (κ3) is 1.96. The molecule has 0 aliphatic rings. The molecular formula is C8H13F2N3. The van der Waals surface area contributed by atoms with Crippen LogP contribution in [0.15, 0.2) is 6.07 Å². The average Bonchev–Trinajstić information content (AvgIpc) is 2.29. The van der Waals surface area contributed by atoms with Crippen molar-refractivity contribution in [2.24, 2.45) is 0 Å². The Labute approximate surface area is 75.5 Å². The van der Waals surface area contributed by atoms with E-state index >= 15 is 0 Å². The third-order valence-electron chi connectivity index (χ3n) is 1.61. The van der Waals surface area contributed by atoms with Crippen molar-refractivity contribution in [3.05, 3.63) is 11.8 Å². The van der Waals surface area contributed by atoms with Crippen molar-refractivity contribution in [1.29, 1.82) is 0 Å². The second-order valence-electron chi connectivity index (χ2n) is 3.88. The maximum absolute atomic E-state index is 12.2. The molecule has 1 aromatic heterocycles. The number of rotatable bonds is 1. The van der Waals surface area contributed by atoms with Crippen LogP contribution in [0.4, 0.5) is 14.6 Å². The predicted octanol–water partition coefficient (Wildman–Crippen LogP) is 2.16. The molecule has 0 radical (unpaired) electrons. The zero-order valence-electron chi connectivity index (χ0n) is 7.88. The highest BCUT2D eigenvalue weighted by Crippen LogP contribution is 2.24. The first-order valence-electron chi connectivity index (χ1n) is 3.96. The summed E-state index contributed by atoms with van der Waals surface area (Å²) >= 11 is 0. The second kappa shape index (κ2) is 2.97. The van der Waals surface area contributed by atoms with E-state index in [1.54, 1.807) is 0 Å². The lowest BCUT2D eigenvalue weighted by Crippen LogP contribution is -2.24. The molecule has 0 aromatic carbocycles. The van der Waals surface area contributed by atoms with Crippen LogP contribution in [0.2, 0.25) is 0 Å². The molecule has 0 saturated carbocycles. The Morgan fingerprint density at radius 3 is 2.23 bits per heavy atom. The first-order valence-corrected chi connectivity index (χ1v) is 3.96. The summed E-state index contributed by atoms with van der Waals surface area (Å²) in [5.74, 6) is 0.266. The topological polar surface area (TPSA) is 43.8 Å². The zero-order valence-corrected chi connectivity index (χ0v) is 7.88. The van der Waals surface area contributed by atoms with Crippen molar-refractivity contribution in [3.63, 3.8) is 0 Å². The van der Waals surface area contributed by atoms with E-state index in [-0.39, 0.29) is 17.1 Å². The van der Waals surface area contributed by atoms with Gasteiger partial charge in [0.25, 0.3) is 6.43 Å². The van der Waals surface area contributed by atoms with Crippen molar-refractivity contribution in [1.82, 2.24) is 9.78 Å². The van der Waals surface area contributed by atoms with Crippen LogP contribution in [0, 0.1) is 0 Å². The number of hydrogen-bond acceptors (Lipinski definition) is 2. The summed E-state index contributed by atoms with van der Waals surface area (Å²) in [4.78, 5) is 0. The first-order chi connectivity index (χ1) is 5.82. The fourth-order valence-corrected chi connectivity index (χ4v) is 1.06. The van der Waals surface area contributed by atoms with E-state index in [4.69, 9.17) is 5.73 Å². The Morgan fingerprint density at radius 2 is 2.00 bits per heavy atom. The van der Waals surface area contributed by atoms with Crippen LogP contribution in [0.25, 0.3) is 0 Å². The van der Waals surface area contributed by atoms with Gasteiger partial charge in [-0.2, -0.15) is 5.10 Å². The molecule has 0 fully saturated rings. The molecule has 0 unspecified atom stereocenters. The fourth-order valence-electron chi connectivity index (χ4n) is 1.06. The minimum atomic E-state index is -2.56. The standard InChI is InChI=1S/C8H13F2N3/c1-8(2,3)13-6(11)4-5(12-13)7(9)10/h4,7H,11H2,1-3H3. The molecule has 0 aliphatic carbocycles. The number of hydrogen-bond donors (Lipinski definition) is 1. The maximum atomic E-state index is 12.2. The average molecular weight is 189 g/mol. The SMILES string of the molecule is CC(C)(C)n1nc(C(F)F)cc1N. The van der Waals surface area contributed by atoms with Crippen molar-refractivity contribution in [2.45, 2.75) is 32.7 Å². The number of nitrogens with two attached hydrogens (primary N) is 1. The van der Waals surface area contributed by atoms with E-state index in [1.165, 1.54) is 10.7 Å². The molecule has 13 heavy (non-hydrogen) atoms. The first kappa shape index (κ1) is 9.95. The van der Waals surface area contributed by atoms with Crippen molar-refractivity contribution in [3.8, 4) is 0 Å². The lowest BCUT2D eigenvalue weighted by atomic mass is 10.1. The quantitative estimate of drug-likeness (QED) is 0.735. The van der Waals surface area contributed by atoms with Crippen LogP contribution in [0.1, 0.15) is 32.9 Å². The van der Waals surface area contributed by atoms with Crippen LogP contribution in [0.5, 0.6) is 0 Å². The van der Waals surface area contributed by atoms with Crippen molar-refractivity contribution >= 4 is 5.82 Å². The molecule has 0 saturated heterocycles. The van der Waals surface area contributed by atoms with E-state index in [0.717, 1.165) is 0 Å². The maximum Gasteiger partial charge on any atom is 0.282 e. The number of nitrogen functional groups attached to an aromatic ring is 1. The Hall–Kier alpha value is -1.13. The van der Waals surface area contributed by atoms with Gasteiger partial charge in [0.15, 0.2) is 0 Å². The number of aromatic nitrogens is 2. The van der Waals surface area contributed by atoms with Gasteiger partial charge in [-0.05, 0) is 20.8 Å². The summed E-state index contributed by atoms with van der Waals surface area (Å²) in [6.45, 7) is 5.56. The molecule has 0 aliphatic heterocycles. The smallest absolute Gasteiger partial charge is 0.282 e. The molecule has 1 aromatic rings. The minimum Gasteiger partial charge on any atom is -0.384 e. The van der Waals surface area contributed by atoms with Gasteiger partial charge in [0.2, 0.25) is 0 Å². The summed E-state index contributed by atoms with van der Waals surface area (Å²) < 4.78 is 25.8. The normalized spacial score (nSPS) is 12.5. The highest BCUT2D eigenvalue weighted by molar-refractivity contribution is 5.32. The minimum absolute atomic E-state index is 0.266. The molecular weight excluding hydrogens is 176 g/mol.